The van der Waals surface area contributed by atoms with Gasteiger partial charge < -0.3 is 15.0 Å². The number of ether oxygens (including phenoxy) is 1. The Morgan fingerprint density at radius 2 is 2.06 bits per heavy atom. The minimum Gasteiger partial charge on any atom is -0.381 e. The Kier molecular flexibility index (Phi) is 7.20. The molecule has 1 aliphatic heterocycles. The van der Waals surface area contributed by atoms with Gasteiger partial charge in [0.2, 0.25) is 0 Å². The van der Waals surface area contributed by atoms with Gasteiger partial charge in [-0.2, -0.15) is 0 Å². The third-order valence-corrected chi connectivity index (χ3v) is 3.64. The van der Waals surface area contributed by atoms with Crippen molar-refractivity contribution in [3.05, 3.63) is 0 Å². The van der Waals surface area contributed by atoms with Crippen molar-refractivity contribution in [1.82, 2.24) is 10.2 Å². The van der Waals surface area contributed by atoms with Crippen molar-refractivity contribution < 1.29 is 4.74 Å². The van der Waals surface area contributed by atoms with E-state index in [1.807, 2.05) is 0 Å². The average Bonchev–Trinajstić information content (AvgIpc) is 2.54. The van der Waals surface area contributed by atoms with Gasteiger partial charge in [-0.15, -0.1) is 0 Å². The number of hydrogen-bond donors (Lipinski definition) is 1. The molecule has 3 nitrogen and oxygen atoms in total. The van der Waals surface area contributed by atoms with Crippen molar-refractivity contribution in [3.8, 4) is 0 Å². The monoisotopic (exact) mass is 256 g/mol. The molecule has 1 N–H and O–H groups in total. The van der Waals surface area contributed by atoms with E-state index in [1.54, 1.807) is 0 Å². The van der Waals surface area contributed by atoms with Crippen molar-refractivity contribution in [3.63, 3.8) is 0 Å². The molecule has 0 aliphatic carbocycles. The Balaban J connectivity index is 2.26. The van der Waals surface area contributed by atoms with Crippen LogP contribution < -0.4 is 5.32 Å². The second-order valence-electron chi connectivity index (χ2n) is 6.49. The molecule has 3 heteroatoms. The van der Waals surface area contributed by atoms with Crippen LogP contribution in [0.1, 0.15) is 47.0 Å². The molecule has 0 spiro atoms. The van der Waals surface area contributed by atoms with Crippen molar-refractivity contribution in [2.75, 3.05) is 39.4 Å². The van der Waals surface area contributed by atoms with Gasteiger partial charge in [0, 0.05) is 32.3 Å². The van der Waals surface area contributed by atoms with Gasteiger partial charge in [-0.3, -0.25) is 0 Å². The zero-order chi connectivity index (χ0) is 13.4. The SMILES string of the molecule is CCCOCCCN1CCCNC(C(C)(C)C)C1. The Hall–Kier alpha value is -0.120. The van der Waals surface area contributed by atoms with Gasteiger partial charge >= 0.3 is 0 Å². The lowest BCUT2D eigenvalue weighted by Gasteiger charge is -2.33. The van der Waals surface area contributed by atoms with Crippen molar-refractivity contribution in [1.29, 1.82) is 0 Å². The van der Waals surface area contributed by atoms with Crippen molar-refractivity contribution in [2.45, 2.75) is 53.0 Å². The number of rotatable bonds is 6. The van der Waals surface area contributed by atoms with E-state index in [9.17, 15) is 0 Å². The van der Waals surface area contributed by atoms with E-state index in [4.69, 9.17) is 4.74 Å². The number of nitrogens with zero attached hydrogens (tertiary/aromatic N) is 1. The van der Waals surface area contributed by atoms with Gasteiger partial charge in [0.05, 0.1) is 0 Å². The summed E-state index contributed by atoms with van der Waals surface area (Å²) in [6.07, 6.45) is 3.55. The largest absolute Gasteiger partial charge is 0.381 e. The molecule has 0 aromatic carbocycles. The first-order valence-electron chi connectivity index (χ1n) is 7.57. The molecule has 1 atom stereocenters. The zero-order valence-corrected chi connectivity index (χ0v) is 12.8. The molecule has 0 bridgehead atoms. The Morgan fingerprint density at radius 3 is 2.72 bits per heavy atom. The third kappa shape index (κ3) is 6.17. The smallest absolute Gasteiger partial charge is 0.0478 e. The van der Waals surface area contributed by atoms with Crippen LogP contribution in [0.25, 0.3) is 0 Å². The van der Waals surface area contributed by atoms with Crippen molar-refractivity contribution >= 4 is 0 Å². The van der Waals surface area contributed by atoms with E-state index in [1.165, 1.54) is 26.1 Å². The molecule has 1 fully saturated rings. The van der Waals surface area contributed by atoms with Crippen LogP contribution in [0.15, 0.2) is 0 Å². The summed E-state index contributed by atoms with van der Waals surface area (Å²) >= 11 is 0. The maximum atomic E-state index is 5.56. The molecular formula is C15H32N2O. The normalized spacial score (nSPS) is 23.0. The number of hydrogen-bond acceptors (Lipinski definition) is 3. The Labute approximate surface area is 113 Å². The first-order chi connectivity index (χ1) is 8.54. The fourth-order valence-corrected chi connectivity index (χ4v) is 2.41. The van der Waals surface area contributed by atoms with Gasteiger partial charge in [-0.1, -0.05) is 27.7 Å². The lowest BCUT2D eigenvalue weighted by Crippen LogP contribution is -2.46. The summed E-state index contributed by atoms with van der Waals surface area (Å²) in [4.78, 5) is 2.60. The van der Waals surface area contributed by atoms with Crippen LogP contribution in [0.5, 0.6) is 0 Å². The first kappa shape index (κ1) is 15.9. The van der Waals surface area contributed by atoms with Gasteiger partial charge in [-0.25, -0.2) is 0 Å². The van der Waals surface area contributed by atoms with Crippen LogP contribution in [0.4, 0.5) is 0 Å². The number of nitrogens with one attached hydrogen (secondary N) is 1. The first-order valence-corrected chi connectivity index (χ1v) is 7.57. The summed E-state index contributed by atoms with van der Waals surface area (Å²) in [6.45, 7) is 15.7. The van der Waals surface area contributed by atoms with E-state index in [2.05, 4.69) is 37.9 Å². The molecule has 1 rings (SSSR count). The molecule has 0 aromatic rings. The van der Waals surface area contributed by atoms with E-state index in [0.717, 1.165) is 32.6 Å². The van der Waals surface area contributed by atoms with Gasteiger partial charge in [0.15, 0.2) is 0 Å². The standard InChI is InChI=1S/C15H32N2O/c1-5-11-18-12-7-10-17-9-6-8-16-14(13-17)15(2,3)4/h14,16H,5-13H2,1-4H3. The van der Waals surface area contributed by atoms with Gasteiger partial charge in [-0.05, 0) is 37.8 Å². The molecule has 0 aromatic heterocycles. The van der Waals surface area contributed by atoms with E-state index in [0.29, 0.717) is 11.5 Å². The lowest BCUT2D eigenvalue weighted by atomic mass is 9.86. The molecule has 0 amide bonds. The van der Waals surface area contributed by atoms with E-state index in [-0.39, 0.29) is 0 Å². The Morgan fingerprint density at radius 1 is 1.28 bits per heavy atom. The maximum Gasteiger partial charge on any atom is 0.0478 e. The predicted octanol–water partition coefficient (Wildman–Crippen LogP) is 2.51. The Bertz CT molecular complexity index is 213. The molecule has 1 heterocycles. The second-order valence-corrected chi connectivity index (χ2v) is 6.49. The minimum atomic E-state index is 0.349. The summed E-state index contributed by atoms with van der Waals surface area (Å²) in [5.74, 6) is 0. The van der Waals surface area contributed by atoms with Crippen LogP contribution in [0, 0.1) is 5.41 Å². The predicted molar refractivity (Wildman–Crippen MR) is 78.0 cm³/mol. The average molecular weight is 256 g/mol. The molecule has 0 radical (unpaired) electrons. The van der Waals surface area contributed by atoms with E-state index >= 15 is 0 Å². The van der Waals surface area contributed by atoms with E-state index < -0.39 is 0 Å². The highest BCUT2D eigenvalue weighted by Crippen LogP contribution is 2.21. The topological polar surface area (TPSA) is 24.5 Å². The fourth-order valence-electron chi connectivity index (χ4n) is 2.41. The summed E-state index contributed by atoms with van der Waals surface area (Å²) in [7, 11) is 0. The van der Waals surface area contributed by atoms with Crippen molar-refractivity contribution in [2.24, 2.45) is 5.41 Å². The van der Waals surface area contributed by atoms with Crippen LogP contribution >= 0.6 is 0 Å². The molecule has 0 saturated carbocycles. The summed E-state index contributed by atoms with van der Waals surface area (Å²) in [5.41, 5.74) is 0.349. The lowest BCUT2D eigenvalue weighted by molar-refractivity contribution is 0.117. The zero-order valence-electron chi connectivity index (χ0n) is 12.8. The van der Waals surface area contributed by atoms with Crippen LogP contribution in [0.2, 0.25) is 0 Å². The summed E-state index contributed by atoms with van der Waals surface area (Å²) in [6, 6.07) is 0.608. The van der Waals surface area contributed by atoms with Gasteiger partial charge in [0.1, 0.15) is 0 Å². The molecular weight excluding hydrogens is 224 g/mol. The van der Waals surface area contributed by atoms with Crippen LogP contribution in [-0.2, 0) is 4.74 Å². The minimum absolute atomic E-state index is 0.349. The van der Waals surface area contributed by atoms with Crippen LogP contribution in [-0.4, -0.2) is 50.3 Å². The highest BCUT2D eigenvalue weighted by Gasteiger charge is 2.27. The molecule has 108 valence electrons. The third-order valence-electron chi connectivity index (χ3n) is 3.64. The molecule has 1 saturated heterocycles. The molecule has 1 unspecified atom stereocenters. The summed E-state index contributed by atoms with van der Waals surface area (Å²) < 4.78 is 5.56. The highest BCUT2D eigenvalue weighted by atomic mass is 16.5. The molecule has 1 aliphatic rings. The maximum absolute atomic E-state index is 5.56. The molecule has 18 heavy (non-hydrogen) atoms. The quantitative estimate of drug-likeness (QED) is 0.739. The second kappa shape index (κ2) is 8.13. The van der Waals surface area contributed by atoms with Crippen LogP contribution in [0.3, 0.4) is 0 Å². The fraction of sp³-hybridized carbons (Fsp3) is 1.00. The highest BCUT2D eigenvalue weighted by molar-refractivity contribution is 4.85. The van der Waals surface area contributed by atoms with Gasteiger partial charge in [0.25, 0.3) is 0 Å². The summed E-state index contributed by atoms with van der Waals surface area (Å²) in [5, 5.41) is 3.69.